The van der Waals surface area contributed by atoms with Crippen molar-refractivity contribution in [3.63, 3.8) is 0 Å². The van der Waals surface area contributed by atoms with Crippen molar-refractivity contribution in [1.29, 1.82) is 0 Å². The lowest BCUT2D eigenvalue weighted by Gasteiger charge is -2.44. The number of piperazine rings is 1. The van der Waals surface area contributed by atoms with Crippen LogP contribution in [0.3, 0.4) is 0 Å². The van der Waals surface area contributed by atoms with Crippen molar-refractivity contribution in [2.75, 3.05) is 50.0 Å². The summed E-state index contributed by atoms with van der Waals surface area (Å²) in [5.41, 5.74) is 0.138. The third kappa shape index (κ3) is 5.27. The van der Waals surface area contributed by atoms with Gasteiger partial charge in [-0.05, 0) is 73.6 Å². The molecule has 2 aromatic heterocycles. The number of alkyl halides is 1. The lowest BCUT2D eigenvalue weighted by Crippen LogP contribution is -2.55. The molecule has 0 spiro atoms. The van der Waals surface area contributed by atoms with Crippen LogP contribution in [-0.2, 0) is 7.05 Å². The Morgan fingerprint density at radius 1 is 1.08 bits per heavy atom. The maximum absolute atomic E-state index is 17.8. The summed E-state index contributed by atoms with van der Waals surface area (Å²) in [5.74, 6) is 2.83. The zero-order valence-electron chi connectivity index (χ0n) is 29.5. The Morgan fingerprint density at radius 2 is 1.89 bits per heavy atom. The molecule has 274 valence electrons. The molecule has 2 bridgehead atoms. The number of hydrogen-bond donors (Lipinski definition) is 1. The fourth-order valence-electron chi connectivity index (χ4n) is 10.0. The zero-order valence-corrected chi connectivity index (χ0v) is 30.3. The molecule has 53 heavy (non-hydrogen) atoms. The van der Waals surface area contributed by atoms with Crippen molar-refractivity contribution in [1.82, 2.24) is 29.5 Å². The smallest absolute Gasteiger partial charge is 0.319 e. The summed E-state index contributed by atoms with van der Waals surface area (Å²) in [7, 11) is 1.77. The number of likely N-dealkylation sites (tertiary alicyclic amines) is 1. The molecule has 5 aromatic rings. The van der Waals surface area contributed by atoms with Crippen molar-refractivity contribution in [3.05, 3.63) is 47.7 Å². The Morgan fingerprint density at radius 3 is 2.64 bits per heavy atom. The van der Waals surface area contributed by atoms with E-state index >= 15 is 8.78 Å². The molecule has 5 aliphatic rings. The predicted octanol–water partition coefficient (Wildman–Crippen LogP) is 6.42. The third-order valence-corrected chi connectivity index (χ3v) is 13.7. The average Bonchev–Trinajstić information content (AvgIpc) is 3.84. The summed E-state index contributed by atoms with van der Waals surface area (Å²) in [6, 6.07) is 6.02. The number of benzene rings is 3. The monoisotopic (exact) mass is 739 g/mol. The van der Waals surface area contributed by atoms with Crippen LogP contribution in [0.4, 0.5) is 19.0 Å². The first-order chi connectivity index (χ1) is 25.7. The molecule has 13 heteroatoms. The summed E-state index contributed by atoms with van der Waals surface area (Å²) in [5, 5.41) is 18.2. The topological polar surface area (TPSA) is 82.8 Å². The van der Waals surface area contributed by atoms with Gasteiger partial charge in [-0.2, -0.15) is 26.8 Å². The zero-order chi connectivity index (χ0) is 36.2. The molecule has 9 nitrogen and oxygen atoms in total. The van der Waals surface area contributed by atoms with Crippen LogP contribution >= 0.6 is 11.8 Å². The molecule has 3 unspecified atom stereocenters. The van der Waals surface area contributed by atoms with Crippen LogP contribution in [0.25, 0.3) is 43.7 Å². The number of anilines is 1. The Bertz CT molecular complexity index is 2350. The molecule has 7 heterocycles. The van der Waals surface area contributed by atoms with Gasteiger partial charge in [0.25, 0.3) is 0 Å². The number of aromatic hydroxyl groups is 1. The van der Waals surface area contributed by atoms with Crippen molar-refractivity contribution >= 4 is 50.2 Å². The normalized spacial score (nSPS) is 27.2. The van der Waals surface area contributed by atoms with Crippen molar-refractivity contribution in [2.45, 2.75) is 67.6 Å². The van der Waals surface area contributed by atoms with E-state index in [2.05, 4.69) is 20.6 Å². The second-order valence-electron chi connectivity index (χ2n) is 15.6. The maximum atomic E-state index is 17.8. The first-order valence-corrected chi connectivity index (χ1v) is 19.7. The fraction of sp³-hybridized carbons (Fsp3) is 0.475. The van der Waals surface area contributed by atoms with Gasteiger partial charge in [0.2, 0.25) is 0 Å². The van der Waals surface area contributed by atoms with E-state index < -0.39 is 23.3 Å². The summed E-state index contributed by atoms with van der Waals surface area (Å²) >= 11 is 2.04. The van der Waals surface area contributed by atoms with Crippen molar-refractivity contribution < 1.29 is 23.0 Å². The molecule has 5 atom stereocenters. The Hall–Kier alpha value is -4.25. The number of ether oxygens (including phenoxy) is 1. The highest BCUT2D eigenvalue weighted by atomic mass is 32.2. The van der Waals surface area contributed by atoms with Crippen LogP contribution in [0.2, 0.25) is 0 Å². The van der Waals surface area contributed by atoms with Crippen LogP contribution in [-0.4, -0.2) is 109 Å². The van der Waals surface area contributed by atoms with Crippen LogP contribution in [0.5, 0.6) is 11.8 Å². The maximum Gasteiger partial charge on any atom is 0.319 e. The van der Waals surface area contributed by atoms with E-state index in [9.17, 15) is 9.50 Å². The van der Waals surface area contributed by atoms with Gasteiger partial charge in [-0.3, -0.25) is 14.5 Å². The SMILES string of the molecule is C#Cc1c(F)ccc2cc(O)cc(-c3c(F)c4nc(OC[C@@]56CCCN5C[C@H](F)C6)nc(N5C6CCC5CN(CC5CCS5)C6)c4c4cn(C)nc34)c12. The first kappa shape index (κ1) is 33.3. The van der Waals surface area contributed by atoms with Gasteiger partial charge in [0.05, 0.1) is 16.5 Å². The summed E-state index contributed by atoms with van der Waals surface area (Å²) < 4.78 is 55.8. The van der Waals surface area contributed by atoms with Crippen LogP contribution in [0.15, 0.2) is 30.5 Å². The number of hydrogen-bond acceptors (Lipinski definition) is 9. The molecule has 5 fully saturated rings. The van der Waals surface area contributed by atoms with E-state index in [1.54, 1.807) is 11.7 Å². The van der Waals surface area contributed by atoms with E-state index in [0.717, 1.165) is 51.9 Å². The minimum absolute atomic E-state index is 0.0351. The number of halogens is 3. The van der Waals surface area contributed by atoms with Crippen LogP contribution in [0, 0.1) is 24.0 Å². The summed E-state index contributed by atoms with van der Waals surface area (Å²) in [6.07, 6.45) is 12.1. The molecule has 3 aromatic carbocycles. The van der Waals surface area contributed by atoms with Gasteiger partial charge in [0.1, 0.15) is 41.2 Å². The standard InChI is InChI=1S/C40H40F3N7O2S/c1-3-28-31(42)8-5-22-13-26(51)14-29(32(22)28)33-35(43)37-34(30-20-47(2)46-36(30)33)38(50-24-6-7-25(50)18-48(17-24)19-27-9-12-53-27)45-39(44-37)52-21-40-10-4-11-49(40)16-23(41)15-40/h1,5,8,13-14,20,23-25,27,51H,4,6-7,9-12,15-19,21H2,2H3/t23-,24?,25?,27?,40+/m1/s1. The second kappa shape index (κ2) is 12.4. The number of rotatable bonds is 7. The van der Waals surface area contributed by atoms with E-state index in [1.165, 1.54) is 36.4 Å². The minimum atomic E-state index is -0.925. The predicted molar refractivity (Wildman–Crippen MR) is 201 cm³/mol. The third-order valence-electron chi connectivity index (χ3n) is 12.4. The summed E-state index contributed by atoms with van der Waals surface area (Å²) in [6.45, 7) is 4.24. The van der Waals surface area contributed by atoms with Gasteiger partial charge in [0, 0.05) is 79.5 Å². The highest BCUT2D eigenvalue weighted by molar-refractivity contribution is 8.01. The molecule has 0 amide bonds. The van der Waals surface area contributed by atoms with Gasteiger partial charge < -0.3 is 14.7 Å². The fourth-order valence-corrected chi connectivity index (χ4v) is 10.9. The molecular weight excluding hydrogens is 700 g/mol. The number of fused-ring (bicyclic) bond motifs is 7. The van der Waals surface area contributed by atoms with E-state index in [4.69, 9.17) is 26.2 Å². The lowest BCUT2D eigenvalue weighted by molar-refractivity contribution is 0.107. The van der Waals surface area contributed by atoms with Crippen molar-refractivity contribution in [2.24, 2.45) is 7.05 Å². The number of thioether (sulfide) groups is 1. The first-order valence-electron chi connectivity index (χ1n) is 18.6. The number of phenolic OH excluding ortho intramolecular Hbond substituents is 1. The summed E-state index contributed by atoms with van der Waals surface area (Å²) in [4.78, 5) is 17.0. The van der Waals surface area contributed by atoms with Gasteiger partial charge in [-0.25, -0.2) is 13.2 Å². The molecule has 0 aliphatic carbocycles. The number of phenols is 1. The van der Waals surface area contributed by atoms with Gasteiger partial charge >= 0.3 is 6.01 Å². The van der Waals surface area contributed by atoms with E-state index in [0.29, 0.717) is 51.1 Å². The van der Waals surface area contributed by atoms with Crippen LogP contribution < -0.4 is 9.64 Å². The highest BCUT2D eigenvalue weighted by Crippen LogP contribution is 2.47. The van der Waals surface area contributed by atoms with Gasteiger partial charge in [-0.15, -0.1) is 6.42 Å². The molecule has 5 aliphatic heterocycles. The van der Waals surface area contributed by atoms with E-state index in [1.807, 2.05) is 18.0 Å². The Kier molecular flexibility index (Phi) is 7.80. The molecule has 0 saturated carbocycles. The molecule has 5 saturated heterocycles. The number of nitrogens with zero attached hydrogens (tertiary/aromatic N) is 7. The lowest BCUT2D eigenvalue weighted by atomic mass is 9.91. The van der Waals surface area contributed by atoms with E-state index in [-0.39, 0.29) is 52.7 Å². The quantitative estimate of drug-likeness (QED) is 0.191. The minimum Gasteiger partial charge on any atom is -0.508 e. The molecule has 0 radical (unpaired) electrons. The average molecular weight is 740 g/mol. The molecular formula is C40H40F3N7O2S. The molecule has 10 rings (SSSR count). The number of terminal acetylenes is 1. The highest BCUT2D eigenvalue weighted by Gasteiger charge is 2.50. The number of aryl methyl sites for hydroxylation is 1. The second-order valence-corrected chi connectivity index (χ2v) is 17.0. The Balaban J connectivity index is 1.18. The van der Waals surface area contributed by atoms with Crippen molar-refractivity contribution in [3.8, 4) is 35.2 Å². The number of aromatic nitrogens is 4. The van der Waals surface area contributed by atoms with Crippen LogP contribution in [0.1, 0.15) is 44.1 Å². The van der Waals surface area contributed by atoms with Gasteiger partial charge in [-0.1, -0.05) is 12.0 Å². The molecule has 1 N–H and O–H groups in total. The largest absolute Gasteiger partial charge is 0.508 e. The van der Waals surface area contributed by atoms with Gasteiger partial charge in [0.15, 0.2) is 5.82 Å². The Labute approximate surface area is 309 Å².